The summed E-state index contributed by atoms with van der Waals surface area (Å²) in [4.78, 5) is 2.28. The second-order valence-electron chi connectivity index (χ2n) is 6.01. The van der Waals surface area contributed by atoms with E-state index in [1.807, 2.05) is 0 Å². The van der Waals surface area contributed by atoms with Gasteiger partial charge in [0.05, 0.1) is 0 Å². The molecule has 0 radical (unpaired) electrons. The van der Waals surface area contributed by atoms with E-state index in [-0.39, 0.29) is 5.54 Å². The van der Waals surface area contributed by atoms with E-state index in [4.69, 9.17) is 5.73 Å². The number of rotatable bonds is 5. The van der Waals surface area contributed by atoms with Crippen LogP contribution >= 0.6 is 15.9 Å². The molecule has 1 aromatic rings. The van der Waals surface area contributed by atoms with Gasteiger partial charge in [0.25, 0.3) is 0 Å². The Morgan fingerprint density at radius 1 is 1.33 bits per heavy atom. The molecule has 0 aliphatic rings. The Morgan fingerprint density at radius 2 is 1.94 bits per heavy atom. The zero-order chi connectivity index (χ0) is 13.9. The molecule has 1 unspecified atom stereocenters. The minimum atomic E-state index is -0.103. The van der Waals surface area contributed by atoms with Gasteiger partial charge in [0, 0.05) is 16.1 Å². The first kappa shape index (κ1) is 15.7. The first-order valence-electron chi connectivity index (χ1n) is 6.42. The minimum Gasteiger partial charge on any atom is -0.326 e. The van der Waals surface area contributed by atoms with Crippen LogP contribution in [0.4, 0.5) is 0 Å². The van der Waals surface area contributed by atoms with E-state index in [2.05, 4.69) is 73.9 Å². The number of aryl methyl sites for hydroxylation is 1. The topological polar surface area (TPSA) is 29.3 Å². The SMILES string of the molecule is Cc1ccc(Br)cc1C(CCC(C)(C)N)N(C)C. The van der Waals surface area contributed by atoms with E-state index in [1.165, 1.54) is 11.1 Å². The standard InChI is InChI=1S/C15H25BrN2/c1-11-6-7-12(16)10-13(11)14(18(4)5)8-9-15(2,3)17/h6-7,10,14H,8-9,17H2,1-5H3. The Bertz CT molecular complexity index is 394. The van der Waals surface area contributed by atoms with Gasteiger partial charge in [-0.2, -0.15) is 0 Å². The molecule has 0 bridgehead atoms. The van der Waals surface area contributed by atoms with Crippen LogP contribution in [-0.4, -0.2) is 24.5 Å². The van der Waals surface area contributed by atoms with Crippen molar-refractivity contribution in [1.29, 1.82) is 0 Å². The van der Waals surface area contributed by atoms with E-state index in [1.54, 1.807) is 0 Å². The van der Waals surface area contributed by atoms with Gasteiger partial charge < -0.3 is 10.6 Å². The van der Waals surface area contributed by atoms with Crippen LogP contribution in [0, 0.1) is 6.92 Å². The monoisotopic (exact) mass is 312 g/mol. The summed E-state index contributed by atoms with van der Waals surface area (Å²) >= 11 is 3.56. The molecule has 0 aliphatic carbocycles. The van der Waals surface area contributed by atoms with E-state index >= 15 is 0 Å². The lowest BCUT2D eigenvalue weighted by Gasteiger charge is -2.29. The molecule has 2 nitrogen and oxygen atoms in total. The Morgan fingerprint density at radius 3 is 2.44 bits per heavy atom. The molecule has 0 aliphatic heterocycles. The summed E-state index contributed by atoms with van der Waals surface area (Å²) in [6.45, 7) is 6.35. The van der Waals surface area contributed by atoms with Gasteiger partial charge in [-0.25, -0.2) is 0 Å². The maximum atomic E-state index is 6.10. The van der Waals surface area contributed by atoms with Gasteiger partial charge in [0.1, 0.15) is 0 Å². The predicted octanol–water partition coefficient (Wildman–Crippen LogP) is 3.88. The summed E-state index contributed by atoms with van der Waals surface area (Å²) in [5.74, 6) is 0. The normalized spacial score (nSPS) is 14.0. The first-order chi connectivity index (χ1) is 8.20. The molecule has 0 saturated carbocycles. The summed E-state index contributed by atoms with van der Waals surface area (Å²) in [6.07, 6.45) is 2.09. The highest BCUT2D eigenvalue weighted by Gasteiger charge is 2.20. The molecular formula is C15H25BrN2. The quantitative estimate of drug-likeness (QED) is 0.894. The fraction of sp³-hybridized carbons (Fsp3) is 0.600. The van der Waals surface area contributed by atoms with Crippen molar-refractivity contribution in [2.24, 2.45) is 5.73 Å². The van der Waals surface area contributed by atoms with E-state index in [0.29, 0.717) is 6.04 Å². The molecule has 2 N–H and O–H groups in total. The van der Waals surface area contributed by atoms with Crippen LogP contribution in [0.15, 0.2) is 22.7 Å². The average molecular weight is 313 g/mol. The molecule has 0 aromatic heterocycles. The molecule has 0 heterocycles. The largest absolute Gasteiger partial charge is 0.326 e. The van der Waals surface area contributed by atoms with Crippen molar-refractivity contribution in [3.05, 3.63) is 33.8 Å². The predicted molar refractivity (Wildman–Crippen MR) is 82.8 cm³/mol. The van der Waals surface area contributed by atoms with Crippen LogP contribution in [-0.2, 0) is 0 Å². The Labute approximate surface area is 120 Å². The maximum absolute atomic E-state index is 6.10. The molecule has 3 heteroatoms. The summed E-state index contributed by atoms with van der Waals surface area (Å²) in [5, 5.41) is 0. The zero-order valence-corrected chi connectivity index (χ0v) is 13.7. The van der Waals surface area contributed by atoms with Crippen LogP contribution in [0.2, 0.25) is 0 Å². The highest BCUT2D eigenvalue weighted by molar-refractivity contribution is 9.10. The molecule has 102 valence electrons. The van der Waals surface area contributed by atoms with Crippen LogP contribution in [0.1, 0.15) is 43.9 Å². The van der Waals surface area contributed by atoms with Crippen molar-refractivity contribution in [3.63, 3.8) is 0 Å². The van der Waals surface area contributed by atoms with Gasteiger partial charge in [-0.15, -0.1) is 0 Å². The number of benzene rings is 1. The third kappa shape index (κ3) is 4.71. The molecule has 18 heavy (non-hydrogen) atoms. The third-order valence-electron chi connectivity index (χ3n) is 3.29. The number of halogens is 1. The van der Waals surface area contributed by atoms with Crippen molar-refractivity contribution in [3.8, 4) is 0 Å². The fourth-order valence-electron chi connectivity index (χ4n) is 2.17. The van der Waals surface area contributed by atoms with Gasteiger partial charge in [-0.05, 0) is 71.0 Å². The van der Waals surface area contributed by atoms with Gasteiger partial charge in [0.2, 0.25) is 0 Å². The highest BCUT2D eigenvalue weighted by Crippen LogP contribution is 2.30. The highest BCUT2D eigenvalue weighted by atomic mass is 79.9. The first-order valence-corrected chi connectivity index (χ1v) is 7.21. The third-order valence-corrected chi connectivity index (χ3v) is 3.78. The molecule has 0 saturated heterocycles. The fourth-order valence-corrected chi connectivity index (χ4v) is 2.55. The van der Waals surface area contributed by atoms with Gasteiger partial charge in [-0.1, -0.05) is 22.0 Å². The maximum Gasteiger partial charge on any atom is 0.0345 e. The van der Waals surface area contributed by atoms with Crippen LogP contribution < -0.4 is 5.73 Å². The second-order valence-corrected chi connectivity index (χ2v) is 6.92. The van der Waals surface area contributed by atoms with Gasteiger partial charge in [-0.3, -0.25) is 0 Å². The lowest BCUT2D eigenvalue weighted by Crippen LogP contribution is -2.33. The van der Waals surface area contributed by atoms with Crippen LogP contribution in [0.5, 0.6) is 0 Å². The molecule has 0 fully saturated rings. The average Bonchev–Trinajstić information content (AvgIpc) is 2.21. The van der Waals surface area contributed by atoms with Crippen molar-refractivity contribution in [2.75, 3.05) is 14.1 Å². The molecule has 0 spiro atoms. The van der Waals surface area contributed by atoms with Gasteiger partial charge >= 0.3 is 0 Å². The minimum absolute atomic E-state index is 0.103. The van der Waals surface area contributed by atoms with Crippen LogP contribution in [0.25, 0.3) is 0 Å². The molecule has 1 atom stereocenters. The summed E-state index contributed by atoms with van der Waals surface area (Å²) in [7, 11) is 4.27. The van der Waals surface area contributed by atoms with Crippen molar-refractivity contribution in [1.82, 2.24) is 4.90 Å². The smallest absolute Gasteiger partial charge is 0.0345 e. The lowest BCUT2D eigenvalue weighted by atomic mass is 9.91. The van der Waals surface area contributed by atoms with Crippen LogP contribution in [0.3, 0.4) is 0 Å². The summed E-state index contributed by atoms with van der Waals surface area (Å²) in [5.41, 5.74) is 8.73. The van der Waals surface area contributed by atoms with E-state index < -0.39 is 0 Å². The Kier molecular flexibility index (Phi) is 5.38. The van der Waals surface area contributed by atoms with Gasteiger partial charge in [0.15, 0.2) is 0 Å². The molecule has 1 rings (SSSR count). The molecule has 0 amide bonds. The summed E-state index contributed by atoms with van der Waals surface area (Å²) < 4.78 is 1.14. The molecular weight excluding hydrogens is 288 g/mol. The van der Waals surface area contributed by atoms with Crippen molar-refractivity contribution < 1.29 is 0 Å². The number of nitrogens with zero attached hydrogens (tertiary/aromatic N) is 1. The lowest BCUT2D eigenvalue weighted by molar-refractivity contribution is 0.260. The Balaban J connectivity index is 2.94. The van der Waals surface area contributed by atoms with Crippen molar-refractivity contribution >= 4 is 15.9 Å². The number of hydrogen-bond donors (Lipinski definition) is 1. The number of nitrogens with two attached hydrogens (primary N) is 1. The van der Waals surface area contributed by atoms with E-state index in [0.717, 1.165) is 17.3 Å². The van der Waals surface area contributed by atoms with Crippen molar-refractivity contribution in [2.45, 2.75) is 45.2 Å². The zero-order valence-electron chi connectivity index (χ0n) is 12.1. The Hall–Kier alpha value is -0.380. The summed E-state index contributed by atoms with van der Waals surface area (Å²) in [6, 6.07) is 6.91. The molecule has 1 aromatic carbocycles. The number of hydrogen-bond acceptors (Lipinski definition) is 2. The second kappa shape index (κ2) is 6.18. The van der Waals surface area contributed by atoms with E-state index in [9.17, 15) is 0 Å².